The molecule has 3 heteroatoms. The molecule has 1 aromatic heterocycles. The van der Waals surface area contributed by atoms with Crippen LogP contribution in [0.4, 0.5) is 0 Å². The fourth-order valence-electron chi connectivity index (χ4n) is 2.15. The number of furan rings is 1. The minimum atomic E-state index is -0.0987. The third-order valence-corrected chi connectivity index (χ3v) is 3.26. The van der Waals surface area contributed by atoms with Gasteiger partial charge < -0.3 is 9.32 Å². The van der Waals surface area contributed by atoms with E-state index in [4.69, 9.17) is 4.42 Å². The number of nitriles is 1. The lowest BCUT2D eigenvalue weighted by molar-refractivity contribution is 0.317. The van der Waals surface area contributed by atoms with Crippen LogP contribution in [-0.2, 0) is 6.54 Å². The van der Waals surface area contributed by atoms with Gasteiger partial charge >= 0.3 is 0 Å². The molecular formula is C16H18N2O. The third kappa shape index (κ3) is 3.46. The fourth-order valence-corrected chi connectivity index (χ4v) is 2.15. The molecule has 2 aromatic rings. The highest BCUT2D eigenvalue weighted by atomic mass is 16.3. The Morgan fingerprint density at radius 1 is 1.26 bits per heavy atom. The number of hydrogen-bond acceptors (Lipinski definition) is 3. The summed E-state index contributed by atoms with van der Waals surface area (Å²) in [5, 5.41) is 9.31. The van der Waals surface area contributed by atoms with Gasteiger partial charge in [-0.1, -0.05) is 30.3 Å². The van der Waals surface area contributed by atoms with Crippen molar-refractivity contribution < 1.29 is 4.42 Å². The molecule has 1 unspecified atom stereocenters. The van der Waals surface area contributed by atoms with Crippen LogP contribution in [0.25, 0.3) is 0 Å². The molecule has 3 nitrogen and oxygen atoms in total. The van der Waals surface area contributed by atoms with E-state index in [9.17, 15) is 5.26 Å². The highest BCUT2D eigenvalue weighted by Gasteiger charge is 2.14. The third-order valence-electron chi connectivity index (χ3n) is 3.26. The highest BCUT2D eigenvalue weighted by Crippen LogP contribution is 2.17. The highest BCUT2D eigenvalue weighted by molar-refractivity contribution is 5.25. The molecule has 0 fully saturated rings. The van der Waals surface area contributed by atoms with Gasteiger partial charge in [-0.05, 0) is 25.6 Å². The largest absolute Gasteiger partial charge is 0.469 e. The molecule has 19 heavy (non-hydrogen) atoms. The Balaban J connectivity index is 2.00. The summed E-state index contributed by atoms with van der Waals surface area (Å²) in [7, 11) is 2.03. The van der Waals surface area contributed by atoms with Crippen molar-refractivity contribution in [2.75, 3.05) is 13.6 Å². The van der Waals surface area contributed by atoms with Gasteiger partial charge in [-0.3, -0.25) is 0 Å². The number of hydrogen-bond donors (Lipinski definition) is 0. The normalized spacial score (nSPS) is 12.3. The Labute approximate surface area is 114 Å². The SMILES string of the molecule is Cc1occc1CN(C)CC(C#N)c1ccccc1. The molecule has 98 valence electrons. The molecule has 0 radical (unpaired) electrons. The number of nitrogens with zero attached hydrogens (tertiary/aromatic N) is 2. The molecule has 1 heterocycles. The van der Waals surface area contributed by atoms with Gasteiger partial charge in [-0.15, -0.1) is 0 Å². The molecule has 0 saturated carbocycles. The van der Waals surface area contributed by atoms with Crippen LogP contribution in [0.2, 0.25) is 0 Å². The lowest BCUT2D eigenvalue weighted by atomic mass is 10.00. The van der Waals surface area contributed by atoms with Gasteiger partial charge in [-0.2, -0.15) is 5.26 Å². The molecule has 0 aliphatic carbocycles. The van der Waals surface area contributed by atoms with Gasteiger partial charge in [0.05, 0.1) is 18.3 Å². The quantitative estimate of drug-likeness (QED) is 0.821. The van der Waals surface area contributed by atoms with Crippen molar-refractivity contribution in [2.45, 2.75) is 19.4 Å². The van der Waals surface area contributed by atoms with Crippen LogP contribution >= 0.6 is 0 Å². The monoisotopic (exact) mass is 254 g/mol. The van der Waals surface area contributed by atoms with E-state index in [0.717, 1.165) is 17.9 Å². The molecule has 0 saturated heterocycles. The first-order valence-electron chi connectivity index (χ1n) is 6.36. The van der Waals surface area contributed by atoms with Crippen molar-refractivity contribution in [1.29, 1.82) is 5.26 Å². The number of rotatable bonds is 5. The summed E-state index contributed by atoms with van der Waals surface area (Å²) in [6.07, 6.45) is 1.71. The summed E-state index contributed by atoms with van der Waals surface area (Å²) in [5.41, 5.74) is 2.24. The van der Waals surface area contributed by atoms with Crippen LogP contribution in [0.1, 0.15) is 22.8 Å². The Hall–Kier alpha value is -2.05. The van der Waals surface area contributed by atoms with Crippen molar-refractivity contribution in [2.24, 2.45) is 0 Å². The molecular weight excluding hydrogens is 236 g/mol. The maximum Gasteiger partial charge on any atom is 0.105 e. The Kier molecular flexibility index (Phi) is 4.38. The zero-order chi connectivity index (χ0) is 13.7. The first-order chi connectivity index (χ1) is 9.20. The number of likely N-dealkylation sites (N-methyl/N-ethyl adjacent to an activating group) is 1. The maximum absolute atomic E-state index is 9.31. The molecule has 0 amide bonds. The number of benzene rings is 1. The minimum Gasteiger partial charge on any atom is -0.469 e. The second kappa shape index (κ2) is 6.21. The van der Waals surface area contributed by atoms with Gasteiger partial charge in [0.25, 0.3) is 0 Å². The van der Waals surface area contributed by atoms with Crippen LogP contribution in [-0.4, -0.2) is 18.5 Å². The first-order valence-corrected chi connectivity index (χ1v) is 6.36. The summed E-state index contributed by atoms with van der Waals surface area (Å²) >= 11 is 0. The maximum atomic E-state index is 9.31. The van der Waals surface area contributed by atoms with Crippen molar-refractivity contribution in [3.63, 3.8) is 0 Å². The van der Waals surface area contributed by atoms with E-state index < -0.39 is 0 Å². The van der Waals surface area contributed by atoms with E-state index in [2.05, 4.69) is 11.0 Å². The second-order valence-electron chi connectivity index (χ2n) is 4.79. The van der Waals surface area contributed by atoms with Crippen molar-refractivity contribution >= 4 is 0 Å². The second-order valence-corrected chi connectivity index (χ2v) is 4.79. The van der Waals surface area contributed by atoms with Crippen molar-refractivity contribution in [1.82, 2.24) is 4.90 Å². The molecule has 1 atom stereocenters. The van der Waals surface area contributed by atoms with Crippen LogP contribution in [0, 0.1) is 18.3 Å². The van der Waals surface area contributed by atoms with E-state index in [1.54, 1.807) is 6.26 Å². The van der Waals surface area contributed by atoms with E-state index >= 15 is 0 Å². The van der Waals surface area contributed by atoms with Crippen molar-refractivity contribution in [3.05, 3.63) is 59.5 Å². The molecule has 0 spiro atoms. The first kappa shape index (κ1) is 13.4. The van der Waals surface area contributed by atoms with Crippen LogP contribution in [0.5, 0.6) is 0 Å². The Morgan fingerprint density at radius 3 is 2.58 bits per heavy atom. The zero-order valence-electron chi connectivity index (χ0n) is 11.3. The summed E-state index contributed by atoms with van der Waals surface area (Å²) in [5.74, 6) is 0.846. The average molecular weight is 254 g/mol. The molecule has 0 bridgehead atoms. The van der Waals surface area contributed by atoms with Gasteiger partial charge in [0, 0.05) is 18.7 Å². The summed E-state index contributed by atoms with van der Waals surface area (Å²) in [6.45, 7) is 3.47. The van der Waals surface area contributed by atoms with Crippen LogP contribution in [0.3, 0.4) is 0 Å². The Bertz CT molecular complexity index is 554. The average Bonchev–Trinajstić information content (AvgIpc) is 2.82. The minimum absolute atomic E-state index is 0.0987. The van der Waals surface area contributed by atoms with E-state index in [1.807, 2.05) is 50.4 Å². The van der Waals surface area contributed by atoms with Crippen LogP contribution in [0.15, 0.2) is 47.1 Å². The predicted molar refractivity (Wildman–Crippen MR) is 74.6 cm³/mol. The Morgan fingerprint density at radius 2 is 2.00 bits per heavy atom. The summed E-state index contributed by atoms with van der Waals surface area (Å²) in [6, 6.07) is 14.3. The molecule has 0 aliphatic heterocycles. The van der Waals surface area contributed by atoms with E-state index in [-0.39, 0.29) is 5.92 Å². The standard InChI is InChI=1S/C16H18N2O/c1-13-15(8-9-19-13)11-18(2)12-16(10-17)14-6-4-3-5-7-14/h3-9,16H,11-12H2,1-2H3. The molecule has 2 rings (SSSR count). The van der Waals surface area contributed by atoms with Gasteiger partial charge in [0.15, 0.2) is 0 Å². The molecule has 1 aromatic carbocycles. The predicted octanol–water partition coefficient (Wildman–Crippen LogP) is 3.33. The molecule has 0 N–H and O–H groups in total. The lowest BCUT2D eigenvalue weighted by Gasteiger charge is -2.19. The van der Waals surface area contributed by atoms with Gasteiger partial charge in [0.1, 0.15) is 5.76 Å². The molecule has 0 aliphatic rings. The summed E-state index contributed by atoms with van der Waals surface area (Å²) in [4.78, 5) is 2.15. The van der Waals surface area contributed by atoms with Gasteiger partial charge in [-0.25, -0.2) is 0 Å². The van der Waals surface area contributed by atoms with E-state index in [0.29, 0.717) is 6.54 Å². The van der Waals surface area contributed by atoms with Crippen molar-refractivity contribution in [3.8, 4) is 6.07 Å². The van der Waals surface area contributed by atoms with E-state index in [1.165, 1.54) is 5.56 Å². The lowest BCUT2D eigenvalue weighted by Crippen LogP contribution is -2.23. The van der Waals surface area contributed by atoms with Crippen LogP contribution < -0.4 is 0 Å². The zero-order valence-corrected chi connectivity index (χ0v) is 11.3. The fraction of sp³-hybridized carbons (Fsp3) is 0.312. The summed E-state index contributed by atoms with van der Waals surface area (Å²) < 4.78 is 5.29. The topological polar surface area (TPSA) is 40.2 Å². The smallest absolute Gasteiger partial charge is 0.105 e. The number of aryl methyl sites for hydroxylation is 1. The van der Waals surface area contributed by atoms with Gasteiger partial charge in [0.2, 0.25) is 0 Å².